The summed E-state index contributed by atoms with van der Waals surface area (Å²) in [5, 5.41) is 7.02. The lowest BCUT2D eigenvalue weighted by atomic mass is 10.2. The normalized spacial score (nSPS) is 10.8. The number of hydrazone groups is 1. The van der Waals surface area contributed by atoms with Crippen molar-refractivity contribution < 1.29 is 4.79 Å². The number of hydrogen-bond acceptors (Lipinski definition) is 3. The van der Waals surface area contributed by atoms with Crippen LogP contribution in [0.5, 0.6) is 0 Å². The maximum atomic E-state index is 11.8. The fourth-order valence-electron chi connectivity index (χ4n) is 1.80. The van der Waals surface area contributed by atoms with E-state index in [4.69, 9.17) is 0 Å². The summed E-state index contributed by atoms with van der Waals surface area (Å²) in [7, 11) is 0. The molecule has 0 unspecified atom stereocenters. The summed E-state index contributed by atoms with van der Waals surface area (Å²) < 4.78 is 2.79. The standard InChI is InChI=1S/C16H14Br3N3O/c1-10-6-13(18)16(14(19)7-10)20-9-15(23)22-21-8-11-2-4-12(17)5-3-11/h2-8,20H,9H2,1H3,(H,22,23)/b21-8+. The number of rotatable bonds is 5. The number of amides is 1. The lowest BCUT2D eigenvalue weighted by Gasteiger charge is -2.11. The fraction of sp³-hybridized carbons (Fsp3) is 0.125. The summed E-state index contributed by atoms with van der Waals surface area (Å²) in [5.74, 6) is -0.224. The van der Waals surface area contributed by atoms with Crippen LogP contribution in [0.4, 0.5) is 5.69 Å². The zero-order valence-electron chi connectivity index (χ0n) is 12.2. The van der Waals surface area contributed by atoms with Gasteiger partial charge in [0, 0.05) is 13.4 Å². The van der Waals surface area contributed by atoms with Gasteiger partial charge in [-0.15, -0.1) is 0 Å². The first kappa shape index (κ1) is 18.2. The molecule has 0 bridgehead atoms. The van der Waals surface area contributed by atoms with Crippen molar-refractivity contribution in [2.45, 2.75) is 6.92 Å². The highest BCUT2D eigenvalue weighted by atomic mass is 79.9. The van der Waals surface area contributed by atoms with E-state index >= 15 is 0 Å². The van der Waals surface area contributed by atoms with Gasteiger partial charge in [-0.25, -0.2) is 5.43 Å². The summed E-state index contributed by atoms with van der Waals surface area (Å²) in [6.45, 7) is 2.13. The van der Waals surface area contributed by atoms with E-state index in [1.165, 1.54) is 0 Å². The number of nitrogens with one attached hydrogen (secondary N) is 2. The molecule has 2 aromatic carbocycles. The third-order valence-corrected chi connectivity index (χ3v) is 4.66. The van der Waals surface area contributed by atoms with Gasteiger partial charge in [-0.1, -0.05) is 28.1 Å². The molecule has 0 spiro atoms. The van der Waals surface area contributed by atoms with E-state index < -0.39 is 0 Å². The minimum Gasteiger partial charge on any atom is -0.374 e. The molecule has 0 heterocycles. The van der Waals surface area contributed by atoms with E-state index in [1.54, 1.807) is 6.21 Å². The zero-order chi connectivity index (χ0) is 16.8. The molecule has 0 atom stereocenters. The van der Waals surface area contributed by atoms with Crippen molar-refractivity contribution in [3.63, 3.8) is 0 Å². The van der Waals surface area contributed by atoms with Crippen LogP contribution in [0, 0.1) is 6.92 Å². The van der Waals surface area contributed by atoms with Crippen LogP contribution in [-0.2, 0) is 4.79 Å². The Labute approximate surface area is 160 Å². The molecule has 2 N–H and O–H groups in total. The van der Waals surface area contributed by atoms with Crippen molar-refractivity contribution >= 4 is 65.6 Å². The highest BCUT2D eigenvalue weighted by molar-refractivity contribution is 9.11. The Morgan fingerprint density at radius 1 is 1.13 bits per heavy atom. The van der Waals surface area contributed by atoms with Crippen molar-refractivity contribution in [2.75, 3.05) is 11.9 Å². The molecule has 7 heteroatoms. The highest BCUT2D eigenvalue weighted by Gasteiger charge is 2.07. The largest absolute Gasteiger partial charge is 0.374 e. The molecule has 0 aliphatic carbocycles. The van der Waals surface area contributed by atoms with Gasteiger partial charge in [-0.3, -0.25) is 4.79 Å². The van der Waals surface area contributed by atoms with Crippen LogP contribution in [0.2, 0.25) is 0 Å². The van der Waals surface area contributed by atoms with Crippen LogP contribution < -0.4 is 10.7 Å². The summed E-state index contributed by atoms with van der Waals surface area (Å²) in [6, 6.07) is 11.6. The van der Waals surface area contributed by atoms with Gasteiger partial charge in [0.05, 0.1) is 18.4 Å². The quantitative estimate of drug-likeness (QED) is 0.453. The minimum absolute atomic E-state index is 0.123. The summed E-state index contributed by atoms with van der Waals surface area (Å²) in [5.41, 5.74) is 5.36. The molecule has 0 aromatic heterocycles. The highest BCUT2D eigenvalue weighted by Crippen LogP contribution is 2.32. The van der Waals surface area contributed by atoms with E-state index in [0.29, 0.717) is 0 Å². The van der Waals surface area contributed by atoms with Gasteiger partial charge < -0.3 is 5.32 Å². The number of nitrogens with zero attached hydrogens (tertiary/aromatic N) is 1. The van der Waals surface area contributed by atoms with E-state index in [1.807, 2.05) is 43.3 Å². The first-order valence-corrected chi connectivity index (χ1v) is 9.10. The van der Waals surface area contributed by atoms with Crippen molar-refractivity contribution in [1.29, 1.82) is 0 Å². The van der Waals surface area contributed by atoms with Gasteiger partial charge in [0.2, 0.25) is 0 Å². The molecular weight excluding hydrogens is 490 g/mol. The van der Waals surface area contributed by atoms with Crippen LogP contribution in [0.15, 0.2) is 54.9 Å². The number of carbonyl (C=O) groups excluding carboxylic acids is 1. The molecule has 1 amide bonds. The molecular formula is C16H14Br3N3O. The maximum absolute atomic E-state index is 11.8. The van der Waals surface area contributed by atoms with Crippen LogP contribution in [0.1, 0.15) is 11.1 Å². The van der Waals surface area contributed by atoms with E-state index in [-0.39, 0.29) is 12.5 Å². The van der Waals surface area contributed by atoms with Crippen molar-refractivity contribution in [2.24, 2.45) is 5.10 Å². The van der Waals surface area contributed by atoms with Crippen molar-refractivity contribution in [1.82, 2.24) is 5.43 Å². The van der Waals surface area contributed by atoms with Crippen molar-refractivity contribution in [3.05, 3.63) is 60.9 Å². The van der Waals surface area contributed by atoms with Gasteiger partial charge in [-0.05, 0) is 74.2 Å². The third-order valence-electron chi connectivity index (χ3n) is 2.89. The Hall–Kier alpha value is -1.18. The van der Waals surface area contributed by atoms with E-state index in [0.717, 1.165) is 30.2 Å². The van der Waals surface area contributed by atoms with Gasteiger partial charge >= 0.3 is 0 Å². The monoisotopic (exact) mass is 501 g/mol. The molecule has 0 saturated carbocycles. The second-order valence-electron chi connectivity index (χ2n) is 4.80. The zero-order valence-corrected chi connectivity index (χ0v) is 17.0. The average molecular weight is 504 g/mol. The predicted octanol–water partition coefficient (Wildman–Crippen LogP) is 4.84. The molecule has 4 nitrogen and oxygen atoms in total. The fourth-order valence-corrected chi connectivity index (χ4v) is 3.76. The lowest BCUT2D eigenvalue weighted by molar-refractivity contribution is -0.119. The SMILES string of the molecule is Cc1cc(Br)c(NCC(=O)N/N=C/c2ccc(Br)cc2)c(Br)c1. The molecule has 0 aliphatic rings. The van der Waals surface area contributed by atoms with Gasteiger partial charge in [0.15, 0.2) is 0 Å². The predicted molar refractivity (Wildman–Crippen MR) is 105 cm³/mol. The number of carbonyl (C=O) groups is 1. The van der Waals surface area contributed by atoms with E-state index in [2.05, 4.69) is 63.6 Å². The van der Waals surface area contributed by atoms with Gasteiger partial charge in [-0.2, -0.15) is 5.10 Å². The minimum atomic E-state index is -0.224. The van der Waals surface area contributed by atoms with Crippen molar-refractivity contribution in [3.8, 4) is 0 Å². The summed E-state index contributed by atoms with van der Waals surface area (Å²) in [4.78, 5) is 11.8. The first-order valence-electron chi connectivity index (χ1n) is 6.72. The number of hydrogen-bond donors (Lipinski definition) is 2. The Bertz CT molecular complexity index is 707. The molecule has 0 fully saturated rings. The topological polar surface area (TPSA) is 53.5 Å². The molecule has 0 radical (unpaired) electrons. The Balaban J connectivity index is 1.87. The maximum Gasteiger partial charge on any atom is 0.259 e. The van der Waals surface area contributed by atoms with Crippen LogP contribution in [0.3, 0.4) is 0 Å². The van der Waals surface area contributed by atoms with Gasteiger partial charge in [0.25, 0.3) is 5.91 Å². The van der Waals surface area contributed by atoms with Crippen LogP contribution in [0.25, 0.3) is 0 Å². The number of halogens is 3. The Morgan fingerprint density at radius 3 is 2.35 bits per heavy atom. The molecule has 0 aliphatic heterocycles. The number of anilines is 1. The summed E-state index contributed by atoms with van der Waals surface area (Å²) in [6.07, 6.45) is 1.60. The van der Waals surface area contributed by atoms with Gasteiger partial charge in [0.1, 0.15) is 0 Å². The molecule has 2 aromatic rings. The van der Waals surface area contributed by atoms with E-state index in [9.17, 15) is 4.79 Å². The second-order valence-corrected chi connectivity index (χ2v) is 7.43. The number of aryl methyl sites for hydroxylation is 1. The first-order chi connectivity index (χ1) is 11.0. The Morgan fingerprint density at radius 2 is 1.74 bits per heavy atom. The second kappa shape index (κ2) is 8.61. The lowest BCUT2D eigenvalue weighted by Crippen LogP contribution is -2.26. The average Bonchev–Trinajstić information content (AvgIpc) is 2.48. The Kier molecular flexibility index (Phi) is 6.80. The molecule has 120 valence electrons. The molecule has 2 rings (SSSR count). The smallest absolute Gasteiger partial charge is 0.259 e. The van der Waals surface area contributed by atoms with Crippen LogP contribution in [-0.4, -0.2) is 18.7 Å². The number of benzene rings is 2. The summed E-state index contributed by atoms with van der Waals surface area (Å²) >= 11 is 10.3. The van der Waals surface area contributed by atoms with Crippen LogP contribution >= 0.6 is 47.8 Å². The molecule has 23 heavy (non-hydrogen) atoms. The molecule has 0 saturated heterocycles. The third kappa shape index (κ3) is 5.75.